The van der Waals surface area contributed by atoms with Crippen molar-refractivity contribution in [2.45, 2.75) is 19.3 Å². The summed E-state index contributed by atoms with van der Waals surface area (Å²) in [5.74, 6) is -0.536. The van der Waals surface area contributed by atoms with Crippen LogP contribution in [-0.4, -0.2) is 85.5 Å². The molecule has 0 atom stereocenters. The normalized spacial score (nSPS) is 16.8. The fourth-order valence-electron chi connectivity index (χ4n) is 5.04. The van der Waals surface area contributed by atoms with E-state index in [4.69, 9.17) is 10.5 Å². The summed E-state index contributed by atoms with van der Waals surface area (Å²) >= 11 is 0. The number of anilines is 2. The van der Waals surface area contributed by atoms with E-state index in [1.165, 1.54) is 6.42 Å². The molecule has 2 aliphatic heterocycles. The third-order valence-corrected chi connectivity index (χ3v) is 7.19. The van der Waals surface area contributed by atoms with Gasteiger partial charge < -0.3 is 20.3 Å². The maximum Gasteiger partial charge on any atom is 0.267 e. The van der Waals surface area contributed by atoms with Gasteiger partial charge in [0.05, 0.1) is 25.1 Å². The highest BCUT2D eigenvalue weighted by molar-refractivity contribution is 6.00. The van der Waals surface area contributed by atoms with Gasteiger partial charge in [-0.3, -0.25) is 14.8 Å². The average molecular weight is 490 g/mol. The van der Waals surface area contributed by atoms with Crippen LogP contribution in [-0.2, 0) is 4.74 Å². The molecule has 190 valence electrons. The minimum absolute atomic E-state index is 0.278. The molecule has 2 saturated heterocycles. The number of nitrogens with two attached hydrogens (primary N) is 1. The number of hydrogen-bond acceptors (Lipinski definition) is 7. The molecule has 1 aromatic carbocycles. The van der Waals surface area contributed by atoms with Crippen LogP contribution in [0.1, 0.15) is 29.8 Å². The summed E-state index contributed by atoms with van der Waals surface area (Å²) in [5, 5.41) is 6.79. The first kappa shape index (κ1) is 24.3. The number of primary amides is 1. The number of morpholine rings is 1. The Morgan fingerprint density at radius 2 is 1.86 bits per heavy atom. The summed E-state index contributed by atoms with van der Waals surface area (Å²) < 4.78 is 5.48. The third kappa shape index (κ3) is 5.37. The predicted octanol–water partition coefficient (Wildman–Crippen LogP) is 3.00. The van der Waals surface area contributed by atoms with Gasteiger partial charge in [0.25, 0.3) is 5.91 Å². The second-order valence-electron chi connectivity index (χ2n) is 9.57. The number of pyridine rings is 1. The van der Waals surface area contributed by atoms with E-state index in [9.17, 15) is 4.79 Å². The molecule has 2 aliphatic rings. The Morgan fingerprint density at radius 3 is 2.58 bits per heavy atom. The molecule has 0 radical (unpaired) electrons. The zero-order valence-electron chi connectivity index (χ0n) is 20.9. The molecular formula is C27H35N7O2. The Bertz CT molecular complexity index is 1170. The van der Waals surface area contributed by atoms with Gasteiger partial charge in [-0.1, -0.05) is 6.07 Å². The number of hydrogen-bond donors (Lipinski definition) is 2. The van der Waals surface area contributed by atoms with Gasteiger partial charge in [-0.25, -0.2) is 4.98 Å². The van der Waals surface area contributed by atoms with E-state index in [0.717, 1.165) is 93.4 Å². The molecule has 0 aliphatic carbocycles. The summed E-state index contributed by atoms with van der Waals surface area (Å²) in [6, 6.07) is 10.4. The van der Waals surface area contributed by atoms with E-state index in [0.29, 0.717) is 5.69 Å². The maximum absolute atomic E-state index is 12.5. The van der Waals surface area contributed by atoms with Gasteiger partial charge in [0.15, 0.2) is 0 Å². The van der Waals surface area contributed by atoms with Crippen molar-refractivity contribution in [1.82, 2.24) is 20.1 Å². The van der Waals surface area contributed by atoms with Crippen molar-refractivity contribution in [2.24, 2.45) is 5.73 Å². The molecule has 36 heavy (non-hydrogen) atoms. The Labute approximate surface area is 212 Å². The lowest BCUT2D eigenvalue weighted by Crippen LogP contribution is -2.40. The van der Waals surface area contributed by atoms with Gasteiger partial charge in [-0.2, -0.15) is 5.10 Å². The van der Waals surface area contributed by atoms with Crippen LogP contribution < -0.4 is 15.5 Å². The van der Waals surface area contributed by atoms with Gasteiger partial charge in [-0.15, -0.1) is 0 Å². The second-order valence-corrected chi connectivity index (χ2v) is 9.57. The van der Waals surface area contributed by atoms with Crippen LogP contribution in [0, 0.1) is 0 Å². The zero-order valence-corrected chi connectivity index (χ0v) is 20.9. The summed E-state index contributed by atoms with van der Waals surface area (Å²) in [5.41, 5.74) is 11.6. The molecule has 0 bridgehead atoms. The van der Waals surface area contributed by atoms with Crippen LogP contribution in [0.15, 0.2) is 42.7 Å². The number of amides is 1. The zero-order chi connectivity index (χ0) is 24.9. The molecule has 0 unspecified atom stereocenters. The second kappa shape index (κ2) is 11.1. The number of rotatable bonds is 8. The molecule has 0 saturated carbocycles. The molecule has 4 heterocycles. The largest absolute Gasteiger partial charge is 0.379 e. The lowest BCUT2D eigenvalue weighted by atomic mass is 9.97. The lowest BCUT2D eigenvalue weighted by Gasteiger charge is -2.33. The third-order valence-electron chi connectivity index (χ3n) is 7.19. The van der Waals surface area contributed by atoms with Gasteiger partial charge in [-0.05, 0) is 43.5 Å². The SMILES string of the molecule is CN(CCN1CCOCC1)c1ccc(-c2ccc(-c3cn[nH]c3)nc2C(N)=O)c(N2CCCCC2)c1. The van der Waals surface area contributed by atoms with Crippen LogP contribution in [0.4, 0.5) is 11.4 Å². The van der Waals surface area contributed by atoms with E-state index < -0.39 is 5.91 Å². The quantitative estimate of drug-likeness (QED) is 0.501. The van der Waals surface area contributed by atoms with Crippen LogP contribution in [0.5, 0.6) is 0 Å². The average Bonchev–Trinajstić information content (AvgIpc) is 3.47. The standard InChI is InChI=1S/C27H35N7O2/c1-32(11-12-33-13-15-36-16-14-33)21-5-6-22(25(17-21)34-9-3-2-4-10-34)23-7-8-24(20-18-29-30-19-20)31-26(23)27(28)35/h5-8,17-19H,2-4,9-16H2,1H3,(H2,28,35)(H,29,30). The number of aromatic amines is 1. The van der Waals surface area contributed by atoms with Crippen molar-refractivity contribution in [1.29, 1.82) is 0 Å². The molecule has 5 rings (SSSR count). The van der Waals surface area contributed by atoms with E-state index in [-0.39, 0.29) is 5.69 Å². The van der Waals surface area contributed by atoms with E-state index in [2.05, 4.69) is 55.1 Å². The molecule has 9 nitrogen and oxygen atoms in total. The number of likely N-dealkylation sites (N-methyl/N-ethyl adjacent to an activating group) is 1. The highest BCUT2D eigenvalue weighted by atomic mass is 16.5. The molecule has 3 N–H and O–H groups in total. The van der Waals surface area contributed by atoms with Crippen molar-refractivity contribution in [3.63, 3.8) is 0 Å². The topological polar surface area (TPSA) is 104 Å². The van der Waals surface area contributed by atoms with Crippen molar-refractivity contribution >= 4 is 17.3 Å². The first-order valence-electron chi connectivity index (χ1n) is 12.8. The van der Waals surface area contributed by atoms with Crippen molar-refractivity contribution in [3.05, 3.63) is 48.4 Å². The first-order valence-corrected chi connectivity index (χ1v) is 12.8. The number of piperidine rings is 1. The van der Waals surface area contributed by atoms with E-state index in [1.807, 2.05) is 12.1 Å². The predicted molar refractivity (Wildman–Crippen MR) is 142 cm³/mol. The fourth-order valence-corrected chi connectivity index (χ4v) is 5.04. The number of carbonyl (C=O) groups excluding carboxylic acids is 1. The Hall–Kier alpha value is -3.43. The summed E-state index contributed by atoms with van der Waals surface area (Å²) in [4.78, 5) is 24.3. The highest BCUT2D eigenvalue weighted by Crippen LogP contribution is 2.37. The molecule has 3 aromatic rings. The van der Waals surface area contributed by atoms with Crippen LogP contribution in [0.25, 0.3) is 22.4 Å². The Morgan fingerprint density at radius 1 is 1.08 bits per heavy atom. The van der Waals surface area contributed by atoms with Gasteiger partial charge >= 0.3 is 0 Å². The van der Waals surface area contributed by atoms with Crippen molar-refractivity contribution in [2.75, 3.05) is 69.3 Å². The molecule has 9 heteroatoms. The van der Waals surface area contributed by atoms with Gasteiger partial charge in [0.1, 0.15) is 5.69 Å². The monoisotopic (exact) mass is 489 g/mol. The van der Waals surface area contributed by atoms with Crippen molar-refractivity contribution in [3.8, 4) is 22.4 Å². The Kier molecular flexibility index (Phi) is 7.48. The maximum atomic E-state index is 12.5. The van der Waals surface area contributed by atoms with Gasteiger partial charge in [0, 0.05) is 80.6 Å². The number of aromatic nitrogens is 3. The van der Waals surface area contributed by atoms with Crippen LogP contribution in [0.3, 0.4) is 0 Å². The van der Waals surface area contributed by atoms with E-state index in [1.54, 1.807) is 12.4 Å². The van der Waals surface area contributed by atoms with Crippen molar-refractivity contribution < 1.29 is 9.53 Å². The van der Waals surface area contributed by atoms with Gasteiger partial charge in [0.2, 0.25) is 0 Å². The minimum Gasteiger partial charge on any atom is -0.379 e. The number of benzene rings is 1. The minimum atomic E-state index is -0.536. The van der Waals surface area contributed by atoms with Crippen LogP contribution >= 0.6 is 0 Å². The summed E-state index contributed by atoms with van der Waals surface area (Å²) in [6.45, 7) is 7.55. The highest BCUT2D eigenvalue weighted by Gasteiger charge is 2.22. The molecule has 1 amide bonds. The smallest absolute Gasteiger partial charge is 0.267 e. The summed E-state index contributed by atoms with van der Waals surface area (Å²) in [7, 11) is 2.14. The first-order chi connectivity index (χ1) is 17.6. The fraction of sp³-hybridized carbons (Fsp3) is 0.444. The summed E-state index contributed by atoms with van der Waals surface area (Å²) in [6.07, 6.45) is 7.02. The number of ether oxygens (including phenoxy) is 1. The Balaban J connectivity index is 1.48. The molecule has 2 aromatic heterocycles. The number of H-pyrrole nitrogens is 1. The van der Waals surface area contributed by atoms with Crippen LogP contribution in [0.2, 0.25) is 0 Å². The number of carbonyl (C=O) groups is 1. The number of nitrogens with zero attached hydrogens (tertiary/aromatic N) is 5. The molecule has 2 fully saturated rings. The molecular weight excluding hydrogens is 454 g/mol. The van der Waals surface area contributed by atoms with E-state index >= 15 is 0 Å². The number of nitrogens with one attached hydrogen (secondary N) is 1. The molecule has 0 spiro atoms. The lowest BCUT2D eigenvalue weighted by molar-refractivity contribution is 0.0393.